The average molecular weight is 194 g/mol. The summed E-state index contributed by atoms with van der Waals surface area (Å²) >= 11 is 0. The van der Waals surface area contributed by atoms with E-state index in [1.54, 1.807) is 18.2 Å². The van der Waals surface area contributed by atoms with Crippen LogP contribution in [0.1, 0.15) is 11.8 Å². The van der Waals surface area contributed by atoms with Crippen molar-refractivity contribution in [2.24, 2.45) is 0 Å². The van der Waals surface area contributed by atoms with Crippen molar-refractivity contribution in [1.29, 1.82) is 0 Å². The molecule has 1 aromatic heterocycles. The van der Waals surface area contributed by atoms with Crippen molar-refractivity contribution in [1.82, 2.24) is 4.98 Å². The number of hydrogen-bond donors (Lipinski definition) is 1. The number of pyridine rings is 1. The molecule has 1 N–H and O–H groups in total. The number of nitro groups is 1. The van der Waals surface area contributed by atoms with Gasteiger partial charge >= 0.3 is 0 Å². The molecule has 0 saturated carbocycles. The lowest BCUT2D eigenvalue weighted by Crippen LogP contribution is -2.11. The van der Waals surface area contributed by atoms with E-state index in [9.17, 15) is 15.2 Å². The van der Waals surface area contributed by atoms with Gasteiger partial charge in [-0.3, -0.25) is 15.1 Å². The highest BCUT2D eigenvalue weighted by Crippen LogP contribution is 2.17. The average Bonchev–Trinajstić information content (AvgIpc) is 2.17. The number of aliphatic hydroxyl groups excluding tert-OH is 1. The maximum absolute atomic E-state index is 10.2. The lowest BCUT2D eigenvalue weighted by Gasteiger charge is -2.09. The standard InChI is InChI=1S/C9H10N2O3/c1-7(6-11(13)14)9(12)8-4-2-3-5-10-8/h2-5,9,12H,1,6H2. The maximum atomic E-state index is 10.2. The Morgan fingerprint density at radius 1 is 1.71 bits per heavy atom. The number of rotatable bonds is 4. The Kier molecular flexibility index (Phi) is 3.30. The number of aliphatic hydroxyl groups is 1. The highest BCUT2D eigenvalue weighted by molar-refractivity contribution is 5.17. The van der Waals surface area contributed by atoms with E-state index in [4.69, 9.17) is 0 Å². The molecule has 0 bridgehead atoms. The van der Waals surface area contributed by atoms with E-state index in [0.717, 1.165) is 0 Å². The number of nitrogens with zero attached hydrogens (tertiary/aromatic N) is 2. The molecule has 0 aliphatic heterocycles. The summed E-state index contributed by atoms with van der Waals surface area (Å²) < 4.78 is 0. The smallest absolute Gasteiger partial charge is 0.227 e. The van der Waals surface area contributed by atoms with Crippen molar-refractivity contribution in [2.75, 3.05) is 6.54 Å². The lowest BCUT2D eigenvalue weighted by molar-refractivity contribution is -0.472. The zero-order chi connectivity index (χ0) is 10.6. The molecule has 0 fully saturated rings. The van der Waals surface area contributed by atoms with E-state index >= 15 is 0 Å². The first-order valence-corrected chi connectivity index (χ1v) is 3.99. The first kappa shape index (κ1) is 10.3. The van der Waals surface area contributed by atoms with E-state index < -0.39 is 17.6 Å². The number of aromatic nitrogens is 1. The van der Waals surface area contributed by atoms with Gasteiger partial charge in [-0.15, -0.1) is 0 Å². The van der Waals surface area contributed by atoms with Crippen molar-refractivity contribution in [3.63, 3.8) is 0 Å². The van der Waals surface area contributed by atoms with Gasteiger partial charge in [0, 0.05) is 16.7 Å². The minimum atomic E-state index is -1.07. The molecule has 1 heterocycles. The normalized spacial score (nSPS) is 12.1. The highest BCUT2D eigenvalue weighted by Gasteiger charge is 2.16. The molecule has 0 aliphatic rings. The molecule has 0 amide bonds. The van der Waals surface area contributed by atoms with Gasteiger partial charge in [0.25, 0.3) is 0 Å². The SMILES string of the molecule is C=C(C[N+](=O)[O-])C(O)c1ccccn1. The molecular formula is C9H10N2O3. The van der Waals surface area contributed by atoms with Crippen LogP contribution >= 0.6 is 0 Å². The van der Waals surface area contributed by atoms with Crippen molar-refractivity contribution in [3.05, 3.63) is 52.4 Å². The Morgan fingerprint density at radius 2 is 2.43 bits per heavy atom. The van der Waals surface area contributed by atoms with Crippen LogP contribution in [0.3, 0.4) is 0 Å². The van der Waals surface area contributed by atoms with Gasteiger partial charge in [-0.1, -0.05) is 12.6 Å². The fourth-order valence-electron chi connectivity index (χ4n) is 0.999. The largest absolute Gasteiger partial charge is 0.382 e. The molecule has 14 heavy (non-hydrogen) atoms. The quantitative estimate of drug-likeness (QED) is 0.439. The Hall–Kier alpha value is -1.75. The first-order valence-electron chi connectivity index (χ1n) is 3.99. The summed E-state index contributed by atoms with van der Waals surface area (Å²) in [5.74, 6) is 0. The Bertz CT molecular complexity index is 337. The van der Waals surface area contributed by atoms with Crippen LogP contribution < -0.4 is 0 Å². The summed E-state index contributed by atoms with van der Waals surface area (Å²) in [6.07, 6.45) is 0.444. The van der Waals surface area contributed by atoms with E-state index in [0.29, 0.717) is 5.69 Å². The summed E-state index contributed by atoms with van der Waals surface area (Å²) in [5, 5.41) is 19.7. The third kappa shape index (κ3) is 2.63. The summed E-state index contributed by atoms with van der Waals surface area (Å²) in [5.41, 5.74) is 0.507. The number of hydrogen-bond acceptors (Lipinski definition) is 4. The van der Waals surface area contributed by atoms with E-state index in [2.05, 4.69) is 11.6 Å². The summed E-state index contributed by atoms with van der Waals surface area (Å²) in [7, 11) is 0. The van der Waals surface area contributed by atoms with Gasteiger partial charge in [0.15, 0.2) is 0 Å². The predicted octanol–water partition coefficient (Wildman–Crippen LogP) is 0.948. The van der Waals surface area contributed by atoms with E-state index in [-0.39, 0.29) is 5.57 Å². The first-order chi connectivity index (χ1) is 6.61. The second kappa shape index (κ2) is 4.48. The molecule has 0 saturated heterocycles. The lowest BCUT2D eigenvalue weighted by atomic mass is 10.1. The van der Waals surface area contributed by atoms with E-state index in [1.807, 2.05) is 0 Å². The molecule has 1 rings (SSSR count). The minimum Gasteiger partial charge on any atom is -0.382 e. The molecule has 0 spiro atoms. The molecule has 1 atom stereocenters. The van der Waals surface area contributed by atoms with Crippen molar-refractivity contribution >= 4 is 0 Å². The minimum absolute atomic E-state index is 0.133. The van der Waals surface area contributed by atoms with Gasteiger partial charge in [-0.05, 0) is 12.1 Å². The van der Waals surface area contributed by atoms with Gasteiger partial charge in [-0.2, -0.15) is 0 Å². The Labute approximate surface area is 80.9 Å². The maximum Gasteiger partial charge on any atom is 0.227 e. The second-order valence-electron chi connectivity index (χ2n) is 2.81. The van der Waals surface area contributed by atoms with Crippen LogP contribution in [0.15, 0.2) is 36.5 Å². The summed E-state index contributed by atoms with van der Waals surface area (Å²) in [6, 6.07) is 4.99. The molecule has 5 heteroatoms. The van der Waals surface area contributed by atoms with Gasteiger partial charge < -0.3 is 5.11 Å². The molecule has 5 nitrogen and oxygen atoms in total. The molecule has 74 valence electrons. The molecule has 0 aliphatic carbocycles. The third-order valence-electron chi connectivity index (χ3n) is 1.69. The van der Waals surface area contributed by atoms with Gasteiger partial charge in [0.05, 0.1) is 5.69 Å². The fraction of sp³-hybridized carbons (Fsp3) is 0.222. The predicted molar refractivity (Wildman–Crippen MR) is 50.2 cm³/mol. The van der Waals surface area contributed by atoms with Gasteiger partial charge in [0.1, 0.15) is 6.10 Å². The van der Waals surface area contributed by atoms with E-state index in [1.165, 1.54) is 6.20 Å². The highest BCUT2D eigenvalue weighted by atomic mass is 16.6. The molecule has 0 radical (unpaired) electrons. The Morgan fingerprint density at radius 3 is 2.93 bits per heavy atom. The summed E-state index contributed by atoms with van der Waals surface area (Å²) in [6.45, 7) is 2.99. The van der Waals surface area contributed by atoms with Gasteiger partial charge in [-0.25, -0.2) is 0 Å². The van der Waals surface area contributed by atoms with Crippen LogP contribution in [0, 0.1) is 10.1 Å². The van der Waals surface area contributed by atoms with Crippen LogP contribution in [-0.4, -0.2) is 21.6 Å². The zero-order valence-electron chi connectivity index (χ0n) is 7.46. The van der Waals surface area contributed by atoms with Crippen LogP contribution in [0.25, 0.3) is 0 Å². The van der Waals surface area contributed by atoms with Crippen molar-refractivity contribution < 1.29 is 10.0 Å². The fourth-order valence-corrected chi connectivity index (χ4v) is 0.999. The monoisotopic (exact) mass is 194 g/mol. The molecule has 0 aromatic carbocycles. The van der Waals surface area contributed by atoms with Crippen molar-refractivity contribution in [3.8, 4) is 0 Å². The second-order valence-corrected chi connectivity index (χ2v) is 2.81. The molecular weight excluding hydrogens is 184 g/mol. The topological polar surface area (TPSA) is 76.3 Å². The van der Waals surface area contributed by atoms with Crippen LogP contribution in [-0.2, 0) is 0 Å². The van der Waals surface area contributed by atoms with Crippen LogP contribution in [0.4, 0.5) is 0 Å². The van der Waals surface area contributed by atoms with Crippen LogP contribution in [0.2, 0.25) is 0 Å². The zero-order valence-corrected chi connectivity index (χ0v) is 7.46. The van der Waals surface area contributed by atoms with Crippen LogP contribution in [0.5, 0.6) is 0 Å². The summed E-state index contributed by atoms with van der Waals surface area (Å²) in [4.78, 5) is 13.5. The van der Waals surface area contributed by atoms with Crippen molar-refractivity contribution in [2.45, 2.75) is 6.10 Å². The van der Waals surface area contributed by atoms with Gasteiger partial charge in [0.2, 0.25) is 6.54 Å². The Balaban J connectivity index is 2.71. The molecule has 1 aromatic rings. The third-order valence-corrected chi connectivity index (χ3v) is 1.69. The molecule has 1 unspecified atom stereocenters.